The molecular weight excluding hydrogens is 639 g/mol. The third kappa shape index (κ3) is 48.1. The summed E-state index contributed by atoms with van der Waals surface area (Å²) in [7, 11) is -9.87. The van der Waals surface area contributed by atoms with Crippen LogP contribution in [0.5, 0.6) is 0 Å². The van der Waals surface area contributed by atoms with Gasteiger partial charge in [-0.05, 0) is 25.7 Å². The molecule has 0 unspecified atom stereocenters. The average Bonchev–Trinajstić information content (AvgIpc) is 2.56. The first-order valence-electron chi connectivity index (χ1n) is 8.71. The molecule has 0 aromatic carbocycles. The third-order valence-electron chi connectivity index (χ3n) is 2.69. The van der Waals surface area contributed by atoms with Crippen molar-refractivity contribution in [2.45, 2.75) is 25.7 Å². The first-order chi connectivity index (χ1) is 14.4. The van der Waals surface area contributed by atoms with Crippen molar-refractivity contribution in [1.29, 1.82) is 0 Å². The Morgan fingerprint density at radius 1 is 0.412 bits per heavy atom. The maximum atomic E-state index is 10.3. The summed E-state index contributed by atoms with van der Waals surface area (Å²) in [6.45, 7) is 0. The van der Waals surface area contributed by atoms with Gasteiger partial charge in [0.2, 0.25) is 0 Å². The fourth-order valence-electron chi connectivity index (χ4n) is 1.44. The van der Waals surface area contributed by atoms with Crippen LogP contribution in [-0.2, 0) is 40.5 Å². The van der Waals surface area contributed by atoms with E-state index in [-0.39, 0.29) is 85.0 Å². The zero-order valence-corrected chi connectivity index (χ0v) is 29.3. The summed E-state index contributed by atoms with van der Waals surface area (Å²) in [5.74, 6) is 1.23. The molecule has 0 aromatic heterocycles. The number of hydrogen-bond acceptors (Lipinski definition) is 12. The minimum absolute atomic E-state index is 0. The van der Waals surface area contributed by atoms with Gasteiger partial charge in [-0.2, -0.15) is 33.7 Å². The summed E-state index contributed by atoms with van der Waals surface area (Å²) in [5.41, 5.74) is 0. The number of hydrogen-bond donors (Lipinski definition) is 4. The molecule has 0 radical (unpaired) electrons. The predicted molar refractivity (Wildman–Crippen MR) is 136 cm³/mol. The third-order valence-corrected chi connectivity index (χ3v) is 11.1. The Morgan fingerprint density at radius 2 is 0.559 bits per heavy atom. The van der Waals surface area contributed by atoms with Gasteiger partial charge in [0.1, 0.15) is 0 Å². The fraction of sp³-hybridized carbons (Fsp3) is 1.00. The summed E-state index contributed by atoms with van der Waals surface area (Å²) < 4.78 is 116. The van der Waals surface area contributed by atoms with Crippen LogP contribution >= 0.6 is 43.2 Å². The standard InChI is InChI=1S/2C6H14O6S4.2Na.2H/c2*7-15(8,9)5-1-3-13-14-4-2-6-16(10,11)12;;;;/h2*1-6H2,(H,7,8,9)(H,10,11,12);;;;/q;;2*+1;2*-1. The second kappa shape index (κ2) is 23.9. The van der Waals surface area contributed by atoms with Crippen molar-refractivity contribution in [3.05, 3.63) is 0 Å². The van der Waals surface area contributed by atoms with Crippen LogP contribution in [0.2, 0.25) is 0 Å². The Hall–Kier alpha value is 3.04. The summed E-state index contributed by atoms with van der Waals surface area (Å²) in [6, 6.07) is 0. The molecule has 0 aliphatic rings. The van der Waals surface area contributed by atoms with Gasteiger partial charge >= 0.3 is 59.1 Å². The van der Waals surface area contributed by atoms with Crippen molar-refractivity contribution in [2.75, 3.05) is 46.0 Å². The molecular formula is C12H30Na2O12S8. The van der Waals surface area contributed by atoms with E-state index < -0.39 is 40.5 Å². The van der Waals surface area contributed by atoms with Gasteiger partial charge in [0.25, 0.3) is 40.5 Å². The van der Waals surface area contributed by atoms with Gasteiger partial charge < -0.3 is 2.85 Å². The minimum atomic E-state index is -3.88. The predicted octanol–water partition coefficient (Wildman–Crippen LogP) is -3.92. The van der Waals surface area contributed by atoms with Crippen LogP contribution in [0, 0.1) is 0 Å². The molecule has 0 rings (SSSR count). The van der Waals surface area contributed by atoms with Crippen molar-refractivity contribution >= 4 is 83.6 Å². The first kappa shape index (κ1) is 44.1. The monoisotopic (exact) mass is 668 g/mol. The van der Waals surface area contributed by atoms with Gasteiger partial charge in [-0.15, -0.1) is 0 Å². The Labute approximate surface area is 265 Å². The van der Waals surface area contributed by atoms with Crippen molar-refractivity contribution in [1.82, 2.24) is 0 Å². The Morgan fingerprint density at radius 3 is 0.676 bits per heavy atom. The van der Waals surface area contributed by atoms with Gasteiger partial charge in [-0.25, -0.2) is 0 Å². The van der Waals surface area contributed by atoms with Crippen molar-refractivity contribution in [3.8, 4) is 0 Å². The van der Waals surface area contributed by atoms with E-state index in [0.717, 1.165) is 0 Å². The smallest absolute Gasteiger partial charge is 1.00 e. The van der Waals surface area contributed by atoms with Gasteiger partial charge in [-0.3, -0.25) is 18.2 Å². The SMILES string of the molecule is O=S(=O)(O)CCCSSCCCS(=O)(=O)O.O=S(=O)(O)CCCSSCCCS(=O)(=O)O.[H-].[H-].[Na+].[Na+]. The van der Waals surface area contributed by atoms with Crippen LogP contribution in [0.1, 0.15) is 28.5 Å². The van der Waals surface area contributed by atoms with Gasteiger partial charge in [0.05, 0.1) is 23.0 Å². The van der Waals surface area contributed by atoms with Crippen LogP contribution < -0.4 is 59.1 Å². The van der Waals surface area contributed by atoms with Gasteiger partial charge in [0.15, 0.2) is 0 Å². The second-order valence-electron chi connectivity index (χ2n) is 5.85. The quantitative estimate of drug-likeness (QED) is 0.0475. The first-order valence-corrected chi connectivity index (χ1v) is 20.1. The topological polar surface area (TPSA) is 217 Å². The van der Waals surface area contributed by atoms with Crippen LogP contribution in [0.4, 0.5) is 0 Å². The molecule has 200 valence electrons. The Kier molecular flexibility index (Phi) is 31.0. The molecule has 34 heavy (non-hydrogen) atoms. The maximum absolute atomic E-state index is 10.3. The molecule has 0 fully saturated rings. The van der Waals surface area contributed by atoms with Crippen LogP contribution in [0.3, 0.4) is 0 Å². The molecule has 22 heteroatoms. The number of rotatable bonds is 18. The molecule has 0 bridgehead atoms. The van der Waals surface area contributed by atoms with Crippen LogP contribution in [-0.4, -0.2) is 97.9 Å². The van der Waals surface area contributed by atoms with Crippen LogP contribution in [0.15, 0.2) is 0 Å². The molecule has 0 atom stereocenters. The zero-order chi connectivity index (χ0) is 25.3. The maximum Gasteiger partial charge on any atom is 1.00 e. The molecule has 0 aromatic rings. The van der Waals surface area contributed by atoms with Gasteiger partial charge in [0, 0.05) is 23.0 Å². The Balaban J connectivity index is -0.000000112. The van der Waals surface area contributed by atoms with Crippen molar-refractivity contribution < 1.29 is 114 Å². The van der Waals surface area contributed by atoms with E-state index in [0.29, 0.717) is 48.7 Å². The fourth-order valence-corrected chi connectivity index (χ4v) is 8.55. The minimum Gasteiger partial charge on any atom is -1.00 e. The molecule has 0 saturated carbocycles. The summed E-state index contributed by atoms with van der Waals surface area (Å²) >= 11 is 0. The second-order valence-corrected chi connectivity index (χ2v) is 17.5. The van der Waals surface area contributed by atoms with E-state index in [1.165, 1.54) is 43.2 Å². The molecule has 12 nitrogen and oxygen atoms in total. The molecule has 0 amide bonds. The van der Waals surface area contributed by atoms with E-state index in [2.05, 4.69) is 0 Å². The van der Waals surface area contributed by atoms with E-state index >= 15 is 0 Å². The summed E-state index contributed by atoms with van der Waals surface area (Å²) in [4.78, 5) is 0. The average molecular weight is 669 g/mol. The largest absolute Gasteiger partial charge is 1.00 e. The Bertz CT molecular complexity index is 766. The molecule has 0 spiro atoms. The normalized spacial score (nSPS) is 12.1. The molecule has 4 N–H and O–H groups in total. The molecule has 0 aliphatic heterocycles. The van der Waals surface area contributed by atoms with E-state index in [9.17, 15) is 33.7 Å². The molecule has 0 heterocycles. The molecule has 0 saturated heterocycles. The van der Waals surface area contributed by atoms with Crippen molar-refractivity contribution in [3.63, 3.8) is 0 Å². The van der Waals surface area contributed by atoms with Crippen molar-refractivity contribution in [2.24, 2.45) is 0 Å². The summed E-state index contributed by atoms with van der Waals surface area (Å²) in [5, 5.41) is 0. The van der Waals surface area contributed by atoms with Gasteiger partial charge in [-0.1, -0.05) is 43.2 Å². The van der Waals surface area contributed by atoms with E-state index in [1.54, 1.807) is 0 Å². The van der Waals surface area contributed by atoms with Crippen LogP contribution in [0.25, 0.3) is 0 Å². The summed E-state index contributed by atoms with van der Waals surface area (Å²) in [6.07, 6.45) is 1.42. The molecule has 0 aliphatic carbocycles. The van der Waals surface area contributed by atoms with E-state index in [4.69, 9.17) is 18.2 Å². The van der Waals surface area contributed by atoms with E-state index in [1.807, 2.05) is 0 Å². The zero-order valence-electron chi connectivity index (χ0n) is 20.8.